The van der Waals surface area contributed by atoms with Crippen LogP contribution in [0.25, 0.3) is 0 Å². The molecule has 0 bridgehead atoms. The summed E-state index contributed by atoms with van der Waals surface area (Å²) in [5.41, 5.74) is -0.455. The van der Waals surface area contributed by atoms with E-state index in [1.807, 2.05) is 20.8 Å². The van der Waals surface area contributed by atoms with Crippen LogP contribution in [0.2, 0.25) is 0 Å². The molecule has 1 heterocycles. The monoisotopic (exact) mass is 270 g/mol. The maximum absolute atomic E-state index is 11.5. The molecule has 0 unspecified atom stereocenters. The fraction of sp³-hybridized carbons (Fsp3) is 0.857. The lowest BCUT2D eigenvalue weighted by Gasteiger charge is -2.31. The quantitative estimate of drug-likeness (QED) is 0.848. The van der Waals surface area contributed by atoms with E-state index >= 15 is 0 Å². The Bertz CT molecular complexity index is 313. The Kier molecular flexibility index (Phi) is 5.79. The van der Waals surface area contributed by atoms with Crippen molar-refractivity contribution in [3.8, 4) is 0 Å². The van der Waals surface area contributed by atoms with Gasteiger partial charge in [-0.2, -0.15) is 0 Å². The van der Waals surface area contributed by atoms with Gasteiger partial charge in [0, 0.05) is 38.5 Å². The second kappa shape index (κ2) is 6.89. The average molecular weight is 270 g/mol. The lowest BCUT2D eigenvalue weighted by Crippen LogP contribution is -2.42. The third-order valence-corrected chi connectivity index (χ3v) is 3.21. The smallest absolute Gasteiger partial charge is 0.407 e. The molecule has 1 amide bonds. The minimum atomic E-state index is -0.455. The van der Waals surface area contributed by atoms with E-state index in [0.717, 1.165) is 19.5 Å². The highest BCUT2D eigenvalue weighted by atomic mass is 16.6. The van der Waals surface area contributed by atoms with Gasteiger partial charge >= 0.3 is 6.09 Å². The van der Waals surface area contributed by atoms with E-state index in [9.17, 15) is 9.59 Å². The number of hydrogen-bond donors (Lipinski definition) is 1. The predicted molar refractivity (Wildman–Crippen MR) is 74.1 cm³/mol. The Labute approximate surface area is 115 Å². The van der Waals surface area contributed by atoms with Gasteiger partial charge in [-0.25, -0.2) is 4.79 Å². The third-order valence-electron chi connectivity index (χ3n) is 3.21. The van der Waals surface area contributed by atoms with Gasteiger partial charge in [-0.05, 0) is 34.1 Å². The maximum Gasteiger partial charge on any atom is 0.407 e. The van der Waals surface area contributed by atoms with Crippen LogP contribution in [-0.4, -0.2) is 48.1 Å². The second-order valence-corrected chi connectivity index (χ2v) is 6.14. The van der Waals surface area contributed by atoms with Gasteiger partial charge in [-0.3, -0.25) is 9.69 Å². The molecule has 1 rings (SSSR count). The van der Waals surface area contributed by atoms with Crippen LogP contribution >= 0.6 is 0 Å². The zero-order valence-corrected chi connectivity index (χ0v) is 12.5. The number of ether oxygens (including phenoxy) is 1. The second-order valence-electron chi connectivity index (χ2n) is 6.14. The van der Waals surface area contributed by atoms with Gasteiger partial charge in [-0.1, -0.05) is 0 Å². The molecule has 5 nitrogen and oxygen atoms in total. The normalized spacial score (nSPS) is 19.1. The molecule has 0 aliphatic carbocycles. The number of Topliss-reactive ketones (excluding diaryl/α,β-unsaturated/α-hetero) is 1. The highest BCUT2D eigenvalue weighted by Gasteiger charge is 2.21. The molecule has 110 valence electrons. The first kappa shape index (κ1) is 16.0. The van der Waals surface area contributed by atoms with Crippen molar-refractivity contribution in [2.75, 3.05) is 19.6 Å². The molecule has 1 saturated heterocycles. The molecule has 0 spiro atoms. The van der Waals surface area contributed by atoms with Crippen LogP contribution in [0.1, 0.15) is 47.0 Å². The number of amides is 1. The number of carbonyl (C=O) groups excluding carboxylic acids is 2. The van der Waals surface area contributed by atoms with Crippen molar-refractivity contribution in [2.24, 2.45) is 0 Å². The van der Waals surface area contributed by atoms with Crippen LogP contribution in [0.5, 0.6) is 0 Å². The molecular formula is C14H26N2O3. The minimum Gasteiger partial charge on any atom is -0.444 e. The zero-order chi connectivity index (χ0) is 14.5. The van der Waals surface area contributed by atoms with Crippen molar-refractivity contribution in [1.82, 2.24) is 10.2 Å². The molecule has 19 heavy (non-hydrogen) atoms. The Hall–Kier alpha value is -1.10. The van der Waals surface area contributed by atoms with E-state index < -0.39 is 5.60 Å². The number of ketones is 1. The summed E-state index contributed by atoms with van der Waals surface area (Å²) in [6.07, 6.45) is 1.81. The van der Waals surface area contributed by atoms with Crippen LogP contribution in [0.15, 0.2) is 0 Å². The van der Waals surface area contributed by atoms with Crippen molar-refractivity contribution < 1.29 is 14.3 Å². The molecular weight excluding hydrogens is 244 g/mol. The number of alkyl carbamates (subject to hydrolysis) is 1. The van der Waals surface area contributed by atoms with Crippen LogP contribution in [0.4, 0.5) is 4.79 Å². The van der Waals surface area contributed by atoms with Crippen molar-refractivity contribution >= 4 is 11.9 Å². The van der Waals surface area contributed by atoms with Crippen LogP contribution < -0.4 is 5.32 Å². The summed E-state index contributed by atoms with van der Waals surface area (Å²) < 4.78 is 5.17. The molecule has 1 fully saturated rings. The van der Waals surface area contributed by atoms with Crippen LogP contribution in [-0.2, 0) is 9.53 Å². The summed E-state index contributed by atoms with van der Waals surface area (Å²) in [5.74, 6) is 0.357. The molecule has 1 aliphatic heterocycles. The number of hydrogen-bond acceptors (Lipinski definition) is 4. The first-order valence-corrected chi connectivity index (χ1v) is 7.00. The van der Waals surface area contributed by atoms with Crippen molar-refractivity contribution in [2.45, 2.75) is 58.6 Å². The summed E-state index contributed by atoms with van der Waals surface area (Å²) in [5, 5.41) is 2.76. The lowest BCUT2D eigenvalue weighted by molar-refractivity contribution is -0.121. The summed E-state index contributed by atoms with van der Waals surface area (Å²) in [6.45, 7) is 9.95. The topological polar surface area (TPSA) is 58.6 Å². The standard InChI is InChI=1S/C14H26N2O3/c1-11(16-9-6-12(17)7-10-16)5-8-15-13(18)19-14(2,3)4/h11H,5-10H2,1-4H3,(H,15,18)/t11-/m0/s1. The summed E-state index contributed by atoms with van der Waals surface area (Å²) in [6, 6.07) is 0.378. The molecule has 0 radical (unpaired) electrons. The maximum atomic E-state index is 11.5. The van der Waals surface area contributed by atoms with Gasteiger partial charge in [0.15, 0.2) is 0 Å². The molecule has 0 aromatic heterocycles. The average Bonchev–Trinajstić information content (AvgIpc) is 2.27. The van der Waals surface area contributed by atoms with Gasteiger partial charge in [0.05, 0.1) is 0 Å². The predicted octanol–water partition coefficient (Wildman–Crippen LogP) is 1.95. The number of carbonyl (C=O) groups is 2. The summed E-state index contributed by atoms with van der Waals surface area (Å²) in [4.78, 5) is 24.9. The Balaban J connectivity index is 2.18. The highest BCUT2D eigenvalue weighted by Crippen LogP contribution is 2.11. The van der Waals surface area contributed by atoms with E-state index in [-0.39, 0.29) is 6.09 Å². The van der Waals surface area contributed by atoms with Crippen molar-refractivity contribution in [3.05, 3.63) is 0 Å². The van der Waals surface area contributed by atoms with E-state index in [1.54, 1.807) is 0 Å². The number of nitrogens with zero attached hydrogens (tertiary/aromatic N) is 1. The van der Waals surface area contributed by atoms with E-state index in [1.165, 1.54) is 0 Å². The van der Waals surface area contributed by atoms with Gasteiger partial charge in [0.2, 0.25) is 0 Å². The number of likely N-dealkylation sites (tertiary alicyclic amines) is 1. The minimum absolute atomic E-state index is 0.357. The molecule has 0 aromatic carbocycles. The Morgan fingerprint density at radius 1 is 1.37 bits per heavy atom. The van der Waals surface area contributed by atoms with E-state index in [4.69, 9.17) is 4.74 Å². The largest absolute Gasteiger partial charge is 0.444 e. The SMILES string of the molecule is C[C@@H](CCNC(=O)OC(C)(C)C)N1CCC(=O)CC1. The van der Waals surface area contributed by atoms with E-state index in [2.05, 4.69) is 17.1 Å². The van der Waals surface area contributed by atoms with Gasteiger partial charge in [0.25, 0.3) is 0 Å². The van der Waals surface area contributed by atoms with Crippen LogP contribution in [0, 0.1) is 0 Å². The number of piperidine rings is 1. The third kappa shape index (κ3) is 6.57. The zero-order valence-electron chi connectivity index (χ0n) is 12.5. The van der Waals surface area contributed by atoms with Crippen molar-refractivity contribution in [1.29, 1.82) is 0 Å². The van der Waals surface area contributed by atoms with Gasteiger partial charge in [0.1, 0.15) is 11.4 Å². The molecule has 0 saturated carbocycles. The Morgan fingerprint density at radius 2 is 1.95 bits per heavy atom. The van der Waals surface area contributed by atoms with Crippen molar-refractivity contribution in [3.63, 3.8) is 0 Å². The first-order valence-electron chi connectivity index (χ1n) is 7.00. The fourth-order valence-corrected chi connectivity index (χ4v) is 2.09. The molecule has 0 aromatic rings. The summed E-state index contributed by atoms with van der Waals surface area (Å²) >= 11 is 0. The number of rotatable bonds is 4. The lowest BCUT2D eigenvalue weighted by atomic mass is 10.1. The fourth-order valence-electron chi connectivity index (χ4n) is 2.09. The Morgan fingerprint density at radius 3 is 2.47 bits per heavy atom. The van der Waals surface area contributed by atoms with Gasteiger partial charge in [-0.15, -0.1) is 0 Å². The molecule has 1 N–H and O–H groups in total. The van der Waals surface area contributed by atoms with E-state index in [0.29, 0.717) is 31.2 Å². The summed E-state index contributed by atoms with van der Waals surface area (Å²) in [7, 11) is 0. The molecule has 1 aliphatic rings. The first-order chi connectivity index (χ1) is 8.78. The van der Waals surface area contributed by atoms with Crippen LogP contribution in [0.3, 0.4) is 0 Å². The molecule has 1 atom stereocenters. The number of nitrogens with one attached hydrogen (secondary N) is 1. The van der Waals surface area contributed by atoms with Gasteiger partial charge < -0.3 is 10.1 Å². The highest BCUT2D eigenvalue weighted by molar-refractivity contribution is 5.79. The molecule has 5 heteroatoms.